The van der Waals surface area contributed by atoms with Crippen molar-refractivity contribution >= 4 is 8.80 Å². The van der Waals surface area contributed by atoms with E-state index in [4.69, 9.17) is 23.5 Å². The minimum absolute atomic E-state index is 0.246. The zero-order chi connectivity index (χ0) is 19.0. The van der Waals surface area contributed by atoms with Crippen molar-refractivity contribution in [1.82, 2.24) is 0 Å². The predicted octanol–water partition coefficient (Wildman–Crippen LogP) is 2.42. The van der Waals surface area contributed by atoms with Crippen molar-refractivity contribution < 1.29 is 28.0 Å². The van der Waals surface area contributed by atoms with Gasteiger partial charge in [-0.2, -0.15) is 0 Å². The van der Waals surface area contributed by atoms with E-state index in [9.17, 15) is 0 Å². The van der Waals surface area contributed by atoms with Crippen LogP contribution in [0.4, 0.5) is 0 Å². The Kier molecular flexibility index (Phi) is 15.1. The van der Waals surface area contributed by atoms with E-state index in [0.29, 0.717) is 19.8 Å². The van der Waals surface area contributed by atoms with Crippen LogP contribution in [0.5, 0.6) is 0 Å². The Balaban J connectivity index is 5.06. The van der Waals surface area contributed by atoms with Crippen LogP contribution in [-0.4, -0.2) is 82.7 Å². The fraction of sp³-hybridized carbons (Fsp3) is 1.00. The van der Waals surface area contributed by atoms with Gasteiger partial charge in [0.05, 0.1) is 32.2 Å². The molecule has 0 heterocycles. The van der Waals surface area contributed by atoms with Gasteiger partial charge in [-0.3, -0.25) is 0 Å². The predicted molar refractivity (Wildman–Crippen MR) is 103 cm³/mol. The van der Waals surface area contributed by atoms with E-state index in [1.165, 1.54) is 0 Å². The minimum Gasteiger partial charge on any atom is -0.396 e. The number of rotatable bonds is 18. The van der Waals surface area contributed by atoms with Gasteiger partial charge in [-0.25, -0.2) is 0 Å². The highest BCUT2D eigenvalue weighted by molar-refractivity contribution is 6.60. The Morgan fingerprint density at radius 2 is 1.12 bits per heavy atom. The third-order valence-corrected chi connectivity index (χ3v) is 7.76. The fourth-order valence-corrected chi connectivity index (χ4v) is 6.05. The summed E-state index contributed by atoms with van der Waals surface area (Å²) >= 11 is 0. The molecule has 152 valence electrons. The molecule has 0 saturated carbocycles. The normalized spacial score (nSPS) is 12.7. The molecule has 0 aromatic carbocycles. The SMILES string of the molecule is CCO[Si](CC[N+](CC)(CCCCO)CCCCO)(OCC)OCC. The third-order valence-electron chi connectivity index (χ3n) is 4.74. The summed E-state index contributed by atoms with van der Waals surface area (Å²) in [4.78, 5) is 0. The molecule has 0 atom stereocenters. The van der Waals surface area contributed by atoms with E-state index in [-0.39, 0.29) is 13.2 Å². The largest absolute Gasteiger partial charge is 0.506 e. The molecular weight excluding hydrogens is 338 g/mol. The quantitative estimate of drug-likeness (QED) is 0.217. The summed E-state index contributed by atoms with van der Waals surface area (Å²) < 4.78 is 19.0. The molecule has 0 aromatic heterocycles. The molecule has 6 nitrogen and oxygen atoms in total. The minimum atomic E-state index is -2.63. The van der Waals surface area contributed by atoms with Crippen LogP contribution in [0.1, 0.15) is 53.4 Å². The zero-order valence-corrected chi connectivity index (χ0v) is 18.0. The average molecular weight is 381 g/mol. The molecule has 0 radical (unpaired) electrons. The van der Waals surface area contributed by atoms with Gasteiger partial charge in [0.15, 0.2) is 0 Å². The van der Waals surface area contributed by atoms with Crippen LogP contribution in [0.15, 0.2) is 0 Å². The van der Waals surface area contributed by atoms with Gasteiger partial charge >= 0.3 is 8.80 Å². The molecule has 0 saturated heterocycles. The van der Waals surface area contributed by atoms with Crippen molar-refractivity contribution in [3.63, 3.8) is 0 Å². The number of quaternary nitrogens is 1. The summed E-state index contributed by atoms with van der Waals surface area (Å²) in [5.74, 6) is 0. The van der Waals surface area contributed by atoms with Gasteiger partial charge in [0, 0.05) is 33.0 Å². The van der Waals surface area contributed by atoms with Gasteiger partial charge in [-0.05, 0) is 53.4 Å². The molecule has 2 N–H and O–H groups in total. The Hall–Kier alpha value is -0.0231. The Morgan fingerprint density at radius 3 is 1.44 bits per heavy atom. The smallest absolute Gasteiger partial charge is 0.396 e. The molecule has 0 fully saturated rings. The molecule has 25 heavy (non-hydrogen) atoms. The summed E-state index contributed by atoms with van der Waals surface area (Å²) in [7, 11) is -2.63. The molecule has 0 spiro atoms. The second-order valence-electron chi connectivity index (χ2n) is 6.42. The van der Waals surface area contributed by atoms with Gasteiger partial charge in [0.2, 0.25) is 0 Å². The summed E-state index contributed by atoms with van der Waals surface area (Å²) in [5.41, 5.74) is 0. The van der Waals surface area contributed by atoms with Gasteiger partial charge in [-0.15, -0.1) is 0 Å². The van der Waals surface area contributed by atoms with E-state index in [2.05, 4.69) is 6.92 Å². The molecule has 0 aliphatic carbocycles. The first-order valence-corrected chi connectivity index (χ1v) is 12.0. The van der Waals surface area contributed by atoms with Crippen LogP contribution >= 0.6 is 0 Å². The Bertz CT molecular complexity index is 280. The standard InChI is InChI=1S/C18H42NO5Si/c1-5-19(13-9-11-16-20,14-10-12-17-21)15-18-25(22-6-2,23-7-3)24-8-4/h20-21H,5-18H2,1-4H3/q+1. The number of unbranched alkanes of at least 4 members (excludes halogenated alkanes) is 2. The monoisotopic (exact) mass is 380 g/mol. The van der Waals surface area contributed by atoms with Crippen LogP contribution in [0, 0.1) is 0 Å². The maximum absolute atomic E-state index is 9.13. The number of hydrogen-bond acceptors (Lipinski definition) is 5. The lowest BCUT2D eigenvalue weighted by molar-refractivity contribution is -0.925. The van der Waals surface area contributed by atoms with Crippen LogP contribution < -0.4 is 0 Å². The van der Waals surface area contributed by atoms with E-state index in [1.54, 1.807) is 0 Å². The molecule has 0 amide bonds. The maximum Gasteiger partial charge on any atom is 0.506 e. The summed E-state index contributed by atoms with van der Waals surface area (Å²) in [6.07, 6.45) is 3.70. The lowest BCUT2D eigenvalue weighted by Gasteiger charge is -2.40. The number of aliphatic hydroxyl groups excluding tert-OH is 2. The second-order valence-corrected chi connectivity index (χ2v) is 9.15. The molecule has 7 heteroatoms. The number of nitrogens with zero attached hydrogens (tertiary/aromatic N) is 1. The van der Waals surface area contributed by atoms with Crippen molar-refractivity contribution in [2.75, 3.05) is 59.2 Å². The highest BCUT2D eigenvalue weighted by Gasteiger charge is 2.43. The number of hydrogen-bond donors (Lipinski definition) is 2. The summed E-state index contributed by atoms with van der Waals surface area (Å²) in [5, 5.41) is 18.3. The van der Waals surface area contributed by atoms with Crippen molar-refractivity contribution in [1.29, 1.82) is 0 Å². The van der Waals surface area contributed by atoms with E-state index in [1.807, 2.05) is 20.8 Å². The third kappa shape index (κ3) is 10.0. The van der Waals surface area contributed by atoms with E-state index < -0.39 is 8.80 Å². The van der Waals surface area contributed by atoms with Crippen molar-refractivity contribution in [2.24, 2.45) is 0 Å². The van der Waals surface area contributed by atoms with Crippen molar-refractivity contribution in [3.8, 4) is 0 Å². The van der Waals surface area contributed by atoms with Gasteiger partial charge in [-0.1, -0.05) is 0 Å². The van der Waals surface area contributed by atoms with E-state index in [0.717, 1.165) is 62.4 Å². The second kappa shape index (κ2) is 15.1. The average Bonchev–Trinajstić information content (AvgIpc) is 2.60. The van der Waals surface area contributed by atoms with Gasteiger partial charge in [0.25, 0.3) is 0 Å². The molecule has 0 bridgehead atoms. The maximum atomic E-state index is 9.13. The molecule has 0 aliphatic rings. The lowest BCUT2D eigenvalue weighted by Crippen LogP contribution is -2.55. The fourth-order valence-electron chi connectivity index (χ4n) is 3.30. The first-order chi connectivity index (χ1) is 12.1. The molecular formula is C18H42NO5Si+. The molecule has 0 aromatic rings. The van der Waals surface area contributed by atoms with E-state index >= 15 is 0 Å². The summed E-state index contributed by atoms with van der Waals surface area (Å²) in [6, 6.07) is 0.814. The van der Waals surface area contributed by atoms with Crippen molar-refractivity contribution in [3.05, 3.63) is 0 Å². The summed E-state index contributed by atoms with van der Waals surface area (Å²) in [6.45, 7) is 14.6. The van der Waals surface area contributed by atoms with Crippen LogP contribution in [0.25, 0.3) is 0 Å². The Morgan fingerprint density at radius 1 is 0.680 bits per heavy atom. The topological polar surface area (TPSA) is 68.2 Å². The molecule has 0 aliphatic heterocycles. The van der Waals surface area contributed by atoms with Crippen LogP contribution in [0.3, 0.4) is 0 Å². The van der Waals surface area contributed by atoms with Crippen LogP contribution in [-0.2, 0) is 13.3 Å². The number of aliphatic hydroxyl groups is 2. The van der Waals surface area contributed by atoms with Gasteiger partial charge < -0.3 is 28.0 Å². The first-order valence-electron chi connectivity index (χ1n) is 10.1. The van der Waals surface area contributed by atoms with Crippen LogP contribution in [0.2, 0.25) is 6.04 Å². The zero-order valence-electron chi connectivity index (χ0n) is 17.0. The van der Waals surface area contributed by atoms with Gasteiger partial charge in [0.1, 0.15) is 0 Å². The highest BCUT2D eigenvalue weighted by atomic mass is 28.4. The highest BCUT2D eigenvalue weighted by Crippen LogP contribution is 2.21. The lowest BCUT2D eigenvalue weighted by atomic mass is 10.2. The van der Waals surface area contributed by atoms with Crippen molar-refractivity contribution in [2.45, 2.75) is 59.4 Å². The molecule has 0 unspecified atom stereocenters. The first kappa shape index (κ1) is 25.0. The Labute approximate surface area is 156 Å². The molecule has 0 rings (SSSR count).